The van der Waals surface area contributed by atoms with Crippen molar-refractivity contribution in [3.63, 3.8) is 0 Å². The lowest BCUT2D eigenvalue weighted by Crippen LogP contribution is -2.31. The van der Waals surface area contributed by atoms with Crippen LogP contribution in [0, 0.1) is 0 Å². The topological polar surface area (TPSA) is 33.4 Å². The normalized spacial score (nSPS) is 21.4. The molecule has 4 nitrogen and oxygen atoms in total. The number of hydrogen-bond acceptors (Lipinski definition) is 3. The van der Waals surface area contributed by atoms with E-state index in [0.717, 1.165) is 24.4 Å². The Bertz CT molecular complexity index is 505. The molecule has 1 aliphatic heterocycles. The minimum atomic E-state index is 0.646. The summed E-state index contributed by atoms with van der Waals surface area (Å²) < 4.78 is 2.10. The van der Waals surface area contributed by atoms with Crippen molar-refractivity contribution >= 4 is 5.65 Å². The number of rotatable bonds is 3. The summed E-state index contributed by atoms with van der Waals surface area (Å²) in [7, 11) is 0. The molecule has 0 bridgehead atoms. The van der Waals surface area contributed by atoms with Gasteiger partial charge < -0.3 is 4.90 Å². The summed E-state index contributed by atoms with van der Waals surface area (Å²) in [6, 6.07) is 6.68. The van der Waals surface area contributed by atoms with Gasteiger partial charge in [0, 0.05) is 18.7 Å². The number of likely N-dealkylation sites (N-methyl/N-ethyl adjacent to an activating group) is 1. The number of aromatic nitrogens is 3. The van der Waals surface area contributed by atoms with Crippen LogP contribution in [-0.4, -0.2) is 38.6 Å². The molecular weight excluding hydrogens is 212 g/mol. The van der Waals surface area contributed by atoms with Crippen molar-refractivity contribution in [1.29, 1.82) is 0 Å². The molecule has 0 amide bonds. The van der Waals surface area contributed by atoms with Crippen LogP contribution in [0.15, 0.2) is 24.4 Å². The van der Waals surface area contributed by atoms with Crippen molar-refractivity contribution in [3.05, 3.63) is 30.2 Å². The fourth-order valence-electron chi connectivity index (χ4n) is 2.78. The summed E-state index contributed by atoms with van der Waals surface area (Å²) in [6.07, 6.45) is 5.67. The zero-order valence-electron chi connectivity index (χ0n) is 10.2. The quantitative estimate of drug-likeness (QED) is 0.805. The van der Waals surface area contributed by atoms with Gasteiger partial charge in [0.25, 0.3) is 0 Å². The number of fused-ring (bicyclic) bond motifs is 1. The standard InChI is InChI=1S/C13H18N4/c1-2-16-8-5-6-11(16)10-13-15-14-12-7-3-4-9-17(12)13/h3-4,7,9,11H,2,5-6,8,10H2,1H3. The van der Waals surface area contributed by atoms with Crippen LogP contribution in [0.1, 0.15) is 25.6 Å². The van der Waals surface area contributed by atoms with Gasteiger partial charge in [-0.25, -0.2) is 0 Å². The van der Waals surface area contributed by atoms with Gasteiger partial charge in [0.2, 0.25) is 0 Å². The maximum atomic E-state index is 4.31. The lowest BCUT2D eigenvalue weighted by atomic mass is 10.1. The third kappa shape index (κ3) is 1.93. The maximum absolute atomic E-state index is 4.31. The first-order valence-corrected chi connectivity index (χ1v) is 6.41. The van der Waals surface area contributed by atoms with Crippen LogP contribution in [0.25, 0.3) is 5.65 Å². The second-order valence-electron chi connectivity index (χ2n) is 4.67. The van der Waals surface area contributed by atoms with Gasteiger partial charge in [-0.2, -0.15) is 0 Å². The summed E-state index contributed by atoms with van der Waals surface area (Å²) in [6.45, 7) is 4.61. The van der Waals surface area contributed by atoms with Crippen molar-refractivity contribution in [2.45, 2.75) is 32.2 Å². The fraction of sp³-hybridized carbons (Fsp3) is 0.538. The van der Waals surface area contributed by atoms with E-state index in [1.807, 2.05) is 18.2 Å². The Balaban J connectivity index is 1.85. The van der Waals surface area contributed by atoms with Crippen molar-refractivity contribution in [2.24, 2.45) is 0 Å². The molecule has 0 N–H and O–H groups in total. The molecule has 0 saturated carbocycles. The van der Waals surface area contributed by atoms with E-state index in [2.05, 4.69) is 32.6 Å². The van der Waals surface area contributed by atoms with E-state index in [9.17, 15) is 0 Å². The van der Waals surface area contributed by atoms with Crippen LogP contribution in [0.3, 0.4) is 0 Å². The number of hydrogen-bond donors (Lipinski definition) is 0. The molecule has 0 radical (unpaired) electrons. The zero-order valence-corrected chi connectivity index (χ0v) is 10.2. The summed E-state index contributed by atoms with van der Waals surface area (Å²) >= 11 is 0. The SMILES string of the molecule is CCN1CCCC1Cc1nnc2ccccn12. The highest BCUT2D eigenvalue weighted by molar-refractivity contribution is 5.37. The van der Waals surface area contributed by atoms with Gasteiger partial charge >= 0.3 is 0 Å². The monoisotopic (exact) mass is 230 g/mol. The first-order valence-electron chi connectivity index (χ1n) is 6.41. The van der Waals surface area contributed by atoms with E-state index < -0.39 is 0 Å². The molecule has 0 aliphatic carbocycles. The van der Waals surface area contributed by atoms with E-state index in [-0.39, 0.29) is 0 Å². The predicted octanol–water partition coefficient (Wildman–Crippen LogP) is 1.76. The molecule has 0 spiro atoms. The Kier molecular flexibility index (Phi) is 2.81. The van der Waals surface area contributed by atoms with Gasteiger partial charge in [0.1, 0.15) is 5.82 Å². The Morgan fingerprint density at radius 3 is 3.18 bits per heavy atom. The minimum absolute atomic E-state index is 0.646. The fourth-order valence-corrected chi connectivity index (χ4v) is 2.78. The highest BCUT2D eigenvalue weighted by Crippen LogP contribution is 2.20. The van der Waals surface area contributed by atoms with E-state index in [1.54, 1.807) is 0 Å². The van der Waals surface area contributed by atoms with Gasteiger partial charge in [0.05, 0.1) is 0 Å². The van der Waals surface area contributed by atoms with Crippen molar-refractivity contribution in [3.8, 4) is 0 Å². The lowest BCUT2D eigenvalue weighted by molar-refractivity contribution is 0.263. The van der Waals surface area contributed by atoms with Gasteiger partial charge in [-0.15, -0.1) is 10.2 Å². The Labute approximate surface area is 101 Å². The van der Waals surface area contributed by atoms with Gasteiger partial charge in [-0.05, 0) is 38.1 Å². The van der Waals surface area contributed by atoms with Gasteiger partial charge in [-0.1, -0.05) is 13.0 Å². The number of nitrogens with zero attached hydrogens (tertiary/aromatic N) is 4. The van der Waals surface area contributed by atoms with Gasteiger partial charge in [-0.3, -0.25) is 4.40 Å². The van der Waals surface area contributed by atoms with Crippen molar-refractivity contribution in [1.82, 2.24) is 19.5 Å². The summed E-state index contributed by atoms with van der Waals surface area (Å²) in [5.74, 6) is 1.09. The largest absolute Gasteiger partial charge is 0.300 e. The van der Waals surface area contributed by atoms with E-state index in [1.165, 1.54) is 19.4 Å². The van der Waals surface area contributed by atoms with Crippen LogP contribution in [0.4, 0.5) is 0 Å². The molecule has 1 unspecified atom stereocenters. The first-order chi connectivity index (χ1) is 8.38. The molecule has 1 aliphatic rings. The first kappa shape index (κ1) is 10.7. The minimum Gasteiger partial charge on any atom is -0.300 e. The number of pyridine rings is 1. The molecule has 90 valence electrons. The molecular formula is C13H18N4. The number of likely N-dealkylation sites (tertiary alicyclic amines) is 1. The van der Waals surface area contributed by atoms with Crippen LogP contribution in [-0.2, 0) is 6.42 Å². The Morgan fingerprint density at radius 2 is 2.29 bits per heavy atom. The summed E-state index contributed by atoms with van der Waals surface area (Å²) in [4.78, 5) is 2.55. The third-order valence-electron chi connectivity index (χ3n) is 3.71. The lowest BCUT2D eigenvalue weighted by Gasteiger charge is -2.21. The molecule has 1 saturated heterocycles. The maximum Gasteiger partial charge on any atom is 0.160 e. The molecule has 2 aromatic heterocycles. The molecule has 2 aromatic rings. The average molecular weight is 230 g/mol. The smallest absolute Gasteiger partial charge is 0.160 e. The second-order valence-corrected chi connectivity index (χ2v) is 4.67. The van der Waals surface area contributed by atoms with Crippen LogP contribution in [0.2, 0.25) is 0 Å². The van der Waals surface area contributed by atoms with Crippen molar-refractivity contribution in [2.75, 3.05) is 13.1 Å². The van der Waals surface area contributed by atoms with Crippen molar-refractivity contribution < 1.29 is 0 Å². The van der Waals surface area contributed by atoms with Crippen LogP contribution >= 0.6 is 0 Å². The molecule has 1 fully saturated rings. The van der Waals surface area contributed by atoms with E-state index >= 15 is 0 Å². The molecule has 0 aromatic carbocycles. The predicted molar refractivity (Wildman–Crippen MR) is 67.0 cm³/mol. The Morgan fingerprint density at radius 1 is 1.35 bits per heavy atom. The van der Waals surface area contributed by atoms with E-state index in [0.29, 0.717) is 6.04 Å². The third-order valence-corrected chi connectivity index (χ3v) is 3.71. The highest BCUT2D eigenvalue weighted by Gasteiger charge is 2.24. The summed E-state index contributed by atoms with van der Waals surface area (Å²) in [5, 5.41) is 8.52. The zero-order chi connectivity index (χ0) is 11.7. The van der Waals surface area contributed by atoms with E-state index in [4.69, 9.17) is 0 Å². The molecule has 1 atom stereocenters. The van der Waals surface area contributed by atoms with Crippen LogP contribution < -0.4 is 0 Å². The molecule has 17 heavy (non-hydrogen) atoms. The molecule has 3 rings (SSSR count). The van der Waals surface area contributed by atoms with Gasteiger partial charge in [0.15, 0.2) is 5.65 Å². The average Bonchev–Trinajstić information content (AvgIpc) is 2.97. The second kappa shape index (κ2) is 4.45. The molecule has 4 heteroatoms. The highest BCUT2D eigenvalue weighted by atomic mass is 15.3. The summed E-state index contributed by atoms with van der Waals surface area (Å²) in [5.41, 5.74) is 0.948. The Hall–Kier alpha value is -1.42. The molecule has 3 heterocycles. The van der Waals surface area contributed by atoms with Crippen LogP contribution in [0.5, 0.6) is 0 Å².